The standard InChI is InChI=1S/C15H18F4N2O/c1-9-2-5-11(6-3-9)20-14(22)21-13-8-10(15(17,18)19)4-7-12(13)16/h4,7-9,11H,2-3,5-6H2,1H3,(H2,20,21,22). The Morgan fingerprint density at radius 1 is 1.18 bits per heavy atom. The van der Waals surface area contributed by atoms with Crippen LogP contribution in [-0.2, 0) is 6.18 Å². The Kier molecular flexibility index (Phi) is 4.93. The van der Waals surface area contributed by atoms with E-state index in [-0.39, 0.29) is 6.04 Å². The van der Waals surface area contributed by atoms with E-state index in [2.05, 4.69) is 17.6 Å². The molecule has 2 N–H and O–H groups in total. The molecule has 3 nitrogen and oxygen atoms in total. The number of anilines is 1. The van der Waals surface area contributed by atoms with Crippen LogP contribution in [0.1, 0.15) is 38.2 Å². The molecule has 1 aliphatic carbocycles. The molecule has 2 rings (SSSR count). The van der Waals surface area contributed by atoms with Gasteiger partial charge in [0.1, 0.15) is 5.82 Å². The van der Waals surface area contributed by atoms with E-state index in [0.717, 1.165) is 25.7 Å². The molecule has 7 heteroatoms. The minimum absolute atomic E-state index is 0.0231. The smallest absolute Gasteiger partial charge is 0.335 e. The van der Waals surface area contributed by atoms with Crippen molar-refractivity contribution in [2.24, 2.45) is 5.92 Å². The van der Waals surface area contributed by atoms with Gasteiger partial charge in [-0.25, -0.2) is 9.18 Å². The molecule has 1 aromatic rings. The van der Waals surface area contributed by atoms with Gasteiger partial charge in [-0.2, -0.15) is 13.2 Å². The Morgan fingerprint density at radius 2 is 1.82 bits per heavy atom. The van der Waals surface area contributed by atoms with Crippen LogP contribution in [0.15, 0.2) is 18.2 Å². The van der Waals surface area contributed by atoms with Crippen LogP contribution in [0.4, 0.5) is 28.0 Å². The van der Waals surface area contributed by atoms with Crippen molar-refractivity contribution < 1.29 is 22.4 Å². The first-order chi connectivity index (χ1) is 10.3. The van der Waals surface area contributed by atoms with Crippen molar-refractivity contribution in [3.8, 4) is 0 Å². The van der Waals surface area contributed by atoms with Crippen LogP contribution in [-0.4, -0.2) is 12.1 Å². The summed E-state index contributed by atoms with van der Waals surface area (Å²) in [4.78, 5) is 11.8. The van der Waals surface area contributed by atoms with Crippen LogP contribution < -0.4 is 10.6 Å². The van der Waals surface area contributed by atoms with Crippen molar-refractivity contribution in [2.45, 2.75) is 44.8 Å². The van der Waals surface area contributed by atoms with E-state index < -0.39 is 29.3 Å². The summed E-state index contributed by atoms with van der Waals surface area (Å²) >= 11 is 0. The van der Waals surface area contributed by atoms with Gasteiger partial charge in [-0.1, -0.05) is 6.92 Å². The molecule has 0 saturated heterocycles. The van der Waals surface area contributed by atoms with Crippen molar-refractivity contribution in [3.63, 3.8) is 0 Å². The summed E-state index contributed by atoms with van der Waals surface area (Å²) in [5.74, 6) is -0.289. The molecule has 2 amide bonds. The minimum Gasteiger partial charge on any atom is -0.335 e. The van der Waals surface area contributed by atoms with Gasteiger partial charge < -0.3 is 10.6 Å². The fraction of sp³-hybridized carbons (Fsp3) is 0.533. The topological polar surface area (TPSA) is 41.1 Å². The van der Waals surface area contributed by atoms with Crippen molar-refractivity contribution in [1.82, 2.24) is 5.32 Å². The molecule has 22 heavy (non-hydrogen) atoms. The fourth-order valence-corrected chi connectivity index (χ4v) is 2.55. The van der Waals surface area contributed by atoms with E-state index in [1.807, 2.05) is 0 Å². The van der Waals surface area contributed by atoms with Gasteiger partial charge in [0, 0.05) is 6.04 Å². The predicted octanol–water partition coefficient (Wildman–Crippen LogP) is 4.54. The molecule has 0 aromatic heterocycles. The molecule has 1 aliphatic rings. The highest BCUT2D eigenvalue weighted by molar-refractivity contribution is 5.89. The number of benzene rings is 1. The number of urea groups is 1. The molecule has 0 spiro atoms. The quantitative estimate of drug-likeness (QED) is 0.772. The molecule has 122 valence electrons. The van der Waals surface area contributed by atoms with Crippen molar-refractivity contribution >= 4 is 11.7 Å². The number of carbonyl (C=O) groups excluding carboxylic acids is 1. The van der Waals surface area contributed by atoms with Gasteiger partial charge >= 0.3 is 12.2 Å². The monoisotopic (exact) mass is 318 g/mol. The third-order valence-corrected chi connectivity index (χ3v) is 3.89. The summed E-state index contributed by atoms with van der Waals surface area (Å²) in [7, 11) is 0. The molecule has 1 fully saturated rings. The first-order valence-corrected chi connectivity index (χ1v) is 7.20. The second-order valence-corrected chi connectivity index (χ2v) is 5.75. The first-order valence-electron chi connectivity index (χ1n) is 7.20. The van der Waals surface area contributed by atoms with E-state index in [1.165, 1.54) is 0 Å². The van der Waals surface area contributed by atoms with E-state index in [1.54, 1.807) is 0 Å². The number of amides is 2. The van der Waals surface area contributed by atoms with E-state index in [9.17, 15) is 22.4 Å². The molecule has 0 unspecified atom stereocenters. The Bertz CT molecular complexity index is 537. The van der Waals surface area contributed by atoms with Gasteiger partial charge in [0.05, 0.1) is 11.3 Å². The zero-order chi connectivity index (χ0) is 16.3. The predicted molar refractivity (Wildman–Crippen MR) is 75.0 cm³/mol. The van der Waals surface area contributed by atoms with Gasteiger partial charge in [-0.05, 0) is 49.8 Å². The minimum atomic E-state index is -4.58. The number of carbonyl (C=O) groups is 1. The van der Waals surface area contributed by atoms with Crippen LogP contribution in [0.5, 0.6) is 0 Å². The fourth-order valence-electron chi connectivity index (χ4n) is 2.55. The van der Waals surface area contributed by atoms with Crippen molar-refractivity contribution in [3.05, 3.63) is 29.6 Å². The number of hydrogen-bond donors (Lipinski definition) is 2. The molecule has 0 aliphatic heterocycles. The summed E-state index contributed by atoms with van der Waals surface area (Å²) < 4.78 is 51.3. The maximum Gasteiger partial charge on any atom is 0.416 e. The average molecular weight is 318 g/mol. The van der Waals surface area contributed by atoms with Crippen molar-refractivity contribution in [1.29, 1.82) is 0 Å². The highest BCUT2D eigenvalue weighted by Crippen LogP contribution is 2.31. The molecule has 1 saturated carbocycles. The maximum absolute atomic E-state index is 13.5. The molecule has 0 bridgehead atoms. The second kappa shape index (κ2) is 6.54. The molecular weight excluding hydrogens is 300 g/mol. The molecule has 0 atom stereocenters. The van der Waals surface area contributed by atoms with Gasteiger partial charge in [0.2, 0.25) is 0 Å². The summed E-state index contributed by atoms with van der Waals surface area (Å²) in [6.07, 6.45) is -0.967. The lowest BCUT2D eigenvalue weighted by Crippen LogP contribution is -2.40. The third kappa shape index (κ3) is 4.35. The van der Waals surface area contributed by atoms with Gasteiger partial charge in [-0.3, -0.25) is 0 Å². The second-order valence-electron chi connectivity index (χ2n) is 5.75. The van der Waals surface area contributed by atoms with E-state index in [0.29, 0.717) is 24.1 Å². The summed E-state index contributed by atoms with van der Waals surface area (Å²) in [6, 6.07) is 1.22. The Labute approximate surface area is 126 Å². The van der Waals surface area contributed by atoms with E-state index >= 15 is 0 Å². The number of nitrogens with one attached hydrogen (secondary N) is 2. The lowest BCUT2D eigenvalue weighted by atomic mass is 9.87. The Hall–Kier alpha value is -1.79. The van der Waals surface area contributed by atoms with Crippen LogP contribution >= 0.6 is 0 Å². The Balaban J connectivity index is 1.99. The molecular formula is C15H18F4N2O. The van der Waals surface area contributed by atoms with Crippen LogP contribution in [0.25, 0.3) is 0 Å². The van der Waals surface area contributed by atoms with E-state index in [4.69, 9.17) is 0 Å². The lowest BCUT2D eigenvalue weighted by molar-refractivity contribution is -0.137. The molecule has 1 aromatic carbocycles. The van der Waals surface area contributed by atoms with Gasteiger partial charge in [0.25, 0.3) is 0 Å². The third-order valence-electron chi connectivity index (χ3n) is 3.89. The SMILES string of the molecule is CC1CCC(NC(=O)Nc2cc(C(F)(F)F)ccc2F)CC1. The zero-order valence-corrected chi connectivity index (χ0v) is 12.1. The Morgan fingerprint density at radius 3 is 2.41 bits per heavy atom. The maximum atomic E-state index is 13.5. The average Bonchev–Trinajstić information content (AvgIpc) is 2.42. The van der Waals surface area contributed by atoms with Gasteiger partial charge in [0.15, 0.2) is 0 Å². The van der Waals surface area contributed by atoms with Crippen LogP contribution in [0.2, 0.25) is 0 Å². The largest absolute Gasteiger partial charge is 0.416 e. The highest BCUT2D eigenvalue weighted by atomic mass is 19.4. The zero-order valence-electron chi connectivity index (χ0n) is 12.1. The highest BCUT2D eigenvalue weighted by Gasteiger charge is 2.31. The number of halogens is 4. The number of hydrogen-bond acceptors (Lipinski definition) is 1. The first kappa shape index (κ1) is 16.6. The summed E-state index contributed by atoms with van der Waals surface area (Å²) in [6.45, 7) is 2.13. The van der Waals surface area contributed by atoms with Crippen molar-refractivity contribution in [2.75, 3.05) is 5.32 Å². The van der Waals surface area contributed by atoms with Gasteiger partial charge in [-0.15, -0.1) is 0 Å². The summed E-state index contributed by atoms with van der Waals surface area (Å²) in [5.41, 5.74) is -1.48. The van der Waals surface area contributed by atoms with Crippen LogP contribution in [0, 0.1) is 11.7 Å². The lowest BCUT2D eigenvalue weighted by Gasteiger charge is -2.27. The number of alkyl halides is 3. The van der Waals surface area contributed by atoms with Crippen LogP contribution in [0.3, 0.4) is 0 Å². The normalized spacial score (nSPS) is 22.2. The summed E-state index contributed by atoms with van der Waals surface area (Å²) in [5, 5.41) is 4.83. The number of rotatable bonds is 2. The molecule has 0 radical (unpaired) electrons. The molecule has 0 heterocycles.